The van der Waals surface area contributed by atoms with Crippen LogP contribution in [0.25, 0.3) is 0 Å². The van der Waals surface area contributed by atoms with E-state index in [1.807, 2.05) is 0 Å². The number of ether oxygens (including phenoxy) is 4. The Morgan fingerprint density at radius 3 is 1.70 bits per heavy atom. The summed E-state index contributed by atoms with van der Waals surface area (Å²) in [5, 5.41) is 16.3. The fraction of sp³-hybridized carbons (Fsp3) is 0.765. The number of aliphatic hydroxyl groups excluding tert-OH is 2. The predicted octanol–water partition coefficient (Wildman–Crippen LogP) is 0.360. The van der Waals surface area contributed by atoms with Gasteiger partial charge in [0.25, 0.3) is 0 Å². The van der Waals surface area contributed by atoms with Gasteiger partial charge in [-0.25, -0.2) is 19.2 Å². The van der Waals surface area contributed by atoms with Gasteiger partial charge in [-0.1, -0.05) is 7.43 Å². The summed E-state index contributed by atoms with van der Waals surface area (Å²) in [6.45, 7) is 9.42. The van der Waals surface area contributed by atoms with Crippen LogP contribution in [0.3, 0.4) is 0 Å². The molecule has 0 aromatic rings. The van der Waals surface area contributed by atoms with Crippen molar-refractivity contribution in [1.82, 2.24) is 0 Å². The highest BCUT2D eigenvalue weighted by Gasteiger charge is 2.32. The lowest BCUT2D eigenvalue weighted by Crippen LogP contribution is -2.40. The zero-order chi connectivity index (χ0) is 20.9. The Balaban J connectivity index is -0.000000367. The predicted molar refractivity (Wildman–Crippen MR) is 94.5 cm³/mol. The van der Waals surface area contributed by atoms with Crippen molar-refractivity contribution in [2.24, 2.45) is 0 Å². The number of rotatable bonds is 4. The van der Waals surface area contributed by atoms with Crippen LogP contribution >= 0.6 is 0 Å². The minimum absolute atomic E-state index is 0. The lowest BCUT2D eigenvalue weighted by molar-refractivity contribution is -0.191. The van der Waals surface area contributed by atoms with Gasteiger partial charge in [0.15, 0.2) is 18.3 Å². The van der Waals surface area contributed by atoms with Crippen LogP contribution in [0.1, 0.15) is 49.0 Å². The van der Waals surface area contributed by atoms with Crippen molar-refractivity contribution in [3.05, 3.63) is 0 Å². The summed E-state index contributed by atoms with van der Waals surface area (Å²) in [5.41, 5.74) is 0. The molecular weight excluding hydrogens is 364 g/mol. The molecule has 27 heavy (non-hydrogen) atoms. The molecule has 160 valence electrons. The van der Waals surface area contributed by atoms with Gasteiger partial charge in [0.2, 0.25) is 0 Å². The highest BCUT2D eigenvalue weighted by atomic mass is 16.6. The number of carbonyl (C=O) groups excluding carboxylic acids is 4. The maximum atomic E-state index is 10.9. The van der Waals surface area contributed by atoms with Gasteiger partial charge >= 0.3 is 23.9 Å². The molecular formula is C17H32O10. The van der Waals surface area contributed by atoms with Crippen LogP contribution < -0.4 is 0 Å². The van der Waals surface area contributed by atoms with Crippen LogP contribution in [0.5, 0.6) is 0 Å². The number of hydrogen-bond acceptors (Lipinski definition) is 10. The largest absolute Gasteiger partial charge is 0.463 e. The van der Waals surface area contributed by atoms with E-state index in [9.17, 15) is 19.2 Å². The Morgan fingerprint density at radius 1 is 1.04 bits per heavy atom. The van der Waals surface area contributed by atoms with Gasteiger partial charge in [-0.2, -0.15) is 0 Å². The molecule has 4 unspecified atom stereocenters. The van der Waals surface area contributed by atoms with Crippen LogP contribution in [-0.2, 0) is 38.1 Å². The Bertz CT molecular complexity index is 441. The lowest BCUT2D eigenvalue weighted by atomic mass is 10.3. The van der Waals surface area contributed by atoms with Crippen molar-refractivity contribution in [2.45, 2.75) is 73.4 Å². The van der Waals surface area contributed by atoms with Crippen LogP contribution in [0, 0.1) is 0 Å². The molecule has 4 atom stereocenters. The number of carbonyl (C=O) groups is 4. The molecule has 0 aromatic heterocycles. The van der Waals surface area contributed by atoms with Gasteiger partial charge in [-0.15, -0.1) is 0 Å². The van der Waals surface area contributed by atoms with Gasteiger partial charge in [0.05, 0.1) is 6.61 Å². The zero-order valence-electron chi connectivity index (χ0n) is 15.9. The smallest absolute Gasteiger partial charge is 0.347 e. The van der Waals surface area contributed by atoms with Crippen molar-refractivity contribution in [2.75, 3.05) is 13.2 Å². The van der Waals surface area contributed by atoms with Gasteiger partial charge in [0.1, 0.15) is 6.10 Å². The Labute approximate surface area is 159 Å². The van der Waals surface area contributed by atoms with Crippen LogP contribution in [-0.4, -0.2) is 71.7 Å². The van der Waals surface area contributed by atoms with E-state index in [0.717, 1.165) is 0 Å². The average molecular weight is 396 g/mol. The fourth-order valence-electron chi connectivity index (χ4n) is 1.22. The monoisotopic (exact) mass is 396 g/mol. The summed E-state index contributed by atoms with van der Waals surface area (Å²) >= 11 is 0. The van der Waals surface area contributed by atoms with E-state index >= 15 is 0 Å². The van der Waals surface area contributed by atoms with Crippen molar-refractivity contribution >= 4 is 23.9 Å². The number of esters is 4. The number of cyclic esters (lactones) is 2. The molecule has 0 bridgehead atoms. The highest BCUT2D eigenvalue weighted by Crippen LogP contribution is 2.08. The zero-order valence-corrected chi connectivity index (χ0v) is 15.9. The molecule has 0 aliphatic carbocycles. The van der Waals surface area contributed by atoms with E-state index in [-0.39, 0.29) is 20.6 Å². The maximum absolute atomic E-state index is 10.9. The second-order valence-electron chi connectivity index (χ2n) is 4.98. The van der Waals surface area contributed by atoms with E-state index in [1.165, 1.54) is 27.7 Å². The topological polar surface area (TPSA) is 146 Å². The molecule has 1 heterocycles. The second-order valence-corrected chi connectivity index (χ2v) is 4.98. The van der Waals surface area contributed by atoms with E-state index in [1.54, 1.807) is 13.8 Å². The Morgan fingerprint density at radius 2 is 1.41 bits per heavy atom. The third kappa shape index (κ3) is 13.6. The minimum atomic E-state index is -1.23. The molecule has 1 rings (SSSR count). The first-order valence-corrected chi connectivity index (χ1v) is 8.08. The van der Waals surface area contributed by atoms with Crippen LogP contribution in [0.4, 0.5) is 0 Å². The normalized spacial score (nSPS) is 19.9. The van der Waals surface area contributed by atoms with Crippen molar-refractivity contribution in [3.63, 3.8) is 0 Å². The van der Waals surface area contributed by atoms with Crippen LogP contribution in [0.15, 0.2) is 0 Å². The van der Waals surface area contributed by atoms with Gasteiger partial charge in [0, 0.05) is 6.61 Å². The van der Waals surface area contributed by atoms with Gasteiger partial charge in [-0.3, -0.25) is 0 Å². The Hall–Kier alpha value is -2.20. The van der Waals surface area contributed by atoms with Crippen molar-refractivity contribution in [3.8, 4) is 0 Å². The van der Waals surface area contributed by atoms with E-state index in [0.29, 0.717) is 0 Å². The average Bonchev–Trinajstić information content (AvgIpc) is 2.54. The molecule has 2 N–H and O–H groups in total. The quantitative estimate of drug-likeness (QED) is 0.504. The lowest BCUT2D eigenvalue weighted by Gasteiger charge is -2.22. The minimum Gasteiger partial charge on any atom is -0.463 e. The molecule has 10 nitrogen and oxygen atoms in total. The van der Waals surface area contributed by atoms with E-state index in [2.05, 4.69) is 18.9 Å². The molecule has 10 heteroatoms. The van der Waals surface area contributed by atoms with Gasteiger partial charge in [-0.05, 0) is 41.5 Å². The SMILES string of the molecule is C.CC1OC(=O)C(C)OC1=O.CCO.CCOC(=O)C(C)OC(=O)C(C)O. The molecule has 1 saturated heterocycles. The first-order chi connectivity index (χ1) is 12.0. The molecule has 0 radical (unpaired) electrons. The summed E-state index contributed by atoms with van der Waals surface area (Å²) in [7, 11) is 0. The van der Waals surface area contributed by atoms with E-state index in [4.69, 9.17) is 10.2 Å². The molecule has 1 aliphatic heterocycles. The number of aliphatic hydroxyl groups is 2. The standard InChI is InChI=1S/C8H14O5.C6H8O4.C2H6O.CH4/c1-4-12-8(11)6(3)13-7(10)5(2)9;1-3-5(7)10-4(2)6(8)9-3;1-2-3;/h5-6,9H,4H2,1-3H3;3-4H,1-2H3;3H,2H2,1H3;1H4. The first-order valence-electron chi connectivity index (χ1n) is 8.08. The summed E-state index contributed by atoms with van der Waals surface area (Å²) in [6.07, 6.45) is -3.69. The van der Waals surface area contributed by atoms with Crippen molar-refractivity contribution < 1.29 is 48.3 Å². The summed E-state index contributed by atoms with van der Waals surface area (Å²) in [5.74, 6) is -2.41. The third-order valence-corrected chi connectivity index (χ3v) is 2.50. The Kier molecular flexibility index (Phi) is 17.5. The fourth-order valence-corrected chi connectivity index (χ4v) is 1.22. The third-order valence-electron chi connectivity index (χ3n) is 2.50. The number of hydrogen-bond donors (Lipinski definition) is 2. The summed E-state index contributed by atoms with van der Waals surface area (Å²) in [4.78, 5) is 43.0. The van der Waals surface area contributed by atoms with E-state index < -0.39 is 48.3 Å². The maximum Gasteiger partial charge on any atom is 0.347 e. The molecule has 0 aromatic carbocycles. The second kappa shape index (κ2) is 16.0. The highest BCUT2D eigenvalue weighted by molar-refractivity contribution is 5.86. The van der Waals surface area contributed by atoms with Crippen molar-refractivity contribution in [1.29, 1.82) is 0 Å². The molecule has 1 fully saturated rings. The summed E-state index contributed by atoms with van der Waals surface area (Å²) < 4.78 is 18.3. The summed E-state index contributed by atoms with van der Waals surface area (Å²) in [6, 6.07) is 0. The molecule has 0 saturated carbocycles. The van der Waals surface area contributed by atoms with Crippen LogP contribution in [0.2, 0.25) is 0 Å². The molecule has 1 aliphatic rings. The molecule has 0 spiro atoms. The molecule has 0 amide bonds. The van der Waals surface area contributed by atoms with Gasteiger partial charge < -0.3 is 29.2 Å². The first kappa shape index (κ1) is 29.6.